The van der Waals surface area contributed by atoms with E-state index in [0.717, 1.165) is 39.0 Å². The zero-order chi connectivity index (χ0) is 16.8. The Morgan fingerprint density at radius 2 is 2.04 bits per heavy atom. The van der Waals surface area contributed by atoms with Crippen molar-refractivity contribution in [2.45, 2.75) is 77.7 Å². The van der Waals surface area contributed by atoms with Crippen molar-refractivity contribution in [3.8, 4) is 0 Å². The van der Waals surface area contributed by atoms with Gasteiger partial charge in [0.25, 0.3) is 0 Å². The van der Waals surface area contributed by atoms with Crippen LogP contribution in [0.3, 0.4) is 0 Å². The molecule has 4 atom stereocenters. The Bertz CT molecular complexity index is 458. The quantitative estimate of drug-likeness (QED) is 0.848. The lowest BCUT2D eigenvalue weighted by Crippen LogP contribution is -2.68. The van der Waals surface area contributed by atoms with E-state index >= 15 is 0 Å². The zero-order valence-electron chi connectivity index (χ0n) is 15.2. The van der Waals surface area contributed by atoms with Gasteiger partial charge in [-0.05, 0) is 40.0 Å². The smallest absolute Gasteiger partial charge is 0.410 e. The summed E-state index contributed by atoms with van der Waals surface area (Å²) in [7, 11) is 0. The molecule has 5 heteroatoms. The fraction of sp³-hybridized carbons (Fsp3) is 0.944. The highest BCUT2D eigenvalue weighted by Gasteiger charge is 2.59. The molecule has 132 valence electrons. The van der Waals surface area contributed by atoms with Gasteiger partial charge in [0.15, 0.2) is 0 Å². The van der Waals surface area contributed by atoms with Gasteiger partial charge in [0.1, 0.15) is 5.60 Å². The van der Waals surface area contributed by atoms with Crippen LogP contribution in [0.5, 0.6) is 0 Å². The minimum absolute atomic E-state index is 0.182. The van der Waals surface area contributed by atoms with Gasteiger partial charge in [0.05, 0.1) is 6.10 Å². The molecule has 2 heterocycles. The number of likely N-dealkylation sites (tertiary alicyclic amines) is 1. The lowest BCUT2D eigenvalue weighted by Gasteiger charge is -2.56. The molecule has 2 saturated heterocycles. The normalized spacial score (nSPS) is 36.3. The third-order valence-corrected chi connectivity index (χ3v) is 5.59. The van der Waals surface area contributed by atoms with Crippen molar-refractivity contribution in [2.24, 2.45) is 11.3 Å². The summed E-state index contributed by atoms with van der Waals surface area (Å²) in [5, 5.41) is 3.84. The Morgan fingerprint density at radius 3 is 2.74 bits per heavy atom. The number of rotatable bonds is 2. The Kier molecular flexibility index (Phi) is 4.38. The van der Waals surface area contributed by atoms with E-state index in [1.165, 1.54) is 0 Å². The van der Waals surface area contributed by atoms with Crippen LogP contribution in [0.4, 0.5) is 4.79 Å². The summed E-state index contributed by atoms with van der Waals surface area (Å²) < 4.78 is 11.4. The van der Waals surface area contributed by atoms with Gasteiger partial charge < -0.3 is 19.7 Å². The molecule has 0 spiro atoms. The second-order valence-corrected chi connectivity index (χ2v) is 8.98. The molecule has 3 fully saturated rings. The summed E-state index contributed by atoms with van der Waals surface area (Å²) >= 11 is 0. The van der Waals surface area contributed by atoms with Gasteiger partial charge in [-0.1, -0.05) is 13.8 Å². The van der Waals surface area contributed by atoms with E-state index in [9.17, 15) is 4.79 Å². The van der Waals surface area contributed by atoms with Crippen molar-refractivity contribution in [3.05, 3.63) is 0 Å². The first-order valence-electron chi connectivity index (χ1n) is 9.04. The standard InChI is InChI=1S/C18H32N2O3/c1-17(2,3)23-16(21)20-9-6-7-12(11-20)19-14-13-8-10-22-15(13)18(14,4)5/h12-15,19H,6-11H2,1-5H3/t12-,13?,14?,15?/m0/s1. The molecular weight excluding hydrogens is 292 g/mol. The SMILES string of the molecule is CC(C)(C)OC(=O)N1CCC[C@H](NC2C3CCOC3C2(C)C)C1. The molecule has 1 N–H and O–H groups in total. The zero-order valence-corrected chi connectivity index (χ0v) is 15.2. The van der Waals surface area contributed by atoms with Gasteiger partial charge in [-0.25, -0.2) is 4.79 Å². The molecular formula is C18H32N2O3. The fourth-order valence-corrected chi connectivity index (χ4v) is 4.52. The molecule has 3 aliphatic rings. The average molecular weight is 324 g/mol. The number of fused-ring (bicyclic) bond motifs is 1. The van der Waals surface area contributed by atoms with E-state index in [1.807, 2.05) is 25.7 Å². The van der Waals surface area contributed by atoms with Crippen LogP contribution in [-0.2, 0) is 9.47 Å². The summed E-state index contributed by atoms with van der Waals surface area (Å²) in [5.74, 6) is 0.641. The number of amides is 1. The minimum atomic E-state index is -0.429. The topological polar surface area (TPSA) is 50.8 Å². The first-order chi connectivity index (χ1) is 10.7. The molecule has 1 amide bonds. The molecule has 2 aliphatic heterocycles. The van der Waals surface area contributed by atoms with Crippen molar-refractivity contribution in [2.75, 3.05) is 19.7 Å². The number of hydrogen-bond acceptors (Lipinski definition) is 4. The summed E-state index contributed by atoms with van der Waals surface area (Å²) in [5.41, 5.74) is -0.239. The van der Waals surface area contributed by atoms with Crippen molar-refractivity contribution in [1.82, 2.24) is 10.2 Å². The van der Waals surface area contributed by atoms with E-state index in [1.54, 1.807) is 0 Å². The Labute approximate surface area is 140 Å². The predicted octanol–water partition coefficient (Wildman–Crippen LogP) is 2.79. The molecule has 0 radical (unpaired) electrons. The molecule has 5 nitrogen and oxygen atoms in total. The van der Waals surface area contributed by atoms with Gasteiger partial charge in [0, 0.05) is 43.1 Å². The van der Waals surface area contributed by atoms with Crippen LogP contribution in [0.2, 0.25) is 0 Å². The van der Waals surface area contributed by atoms with Gasteiger partial charge >= 0.3 is 6.09 Å². The maximum atomic E-state index is 12.3. The van der Waals surface area contributed by atoms with Crippen molar-refractivity contribution >= 4 is 6.09 Å². The largest absolute Gasteiger partial charge is 0.444 e. The predicted molar refractivity (Wildman–Crippen MR) is 89.4 cm³/mol. The Hall–Kier alpha value is -0.810. The summed E-state index contributed by atoms with van der Waals surface area (Å²) in [4.78, 5) is 14.2. The van der Waals surface area contributed by atoms with E-state index < -0.39 is 5.60 Å². The van der Waals surface area contributed by atoms with Gasteiger partial charge in [-0.15, -0.1) is 0 Å². The number of piperidine rings is 1. The van der Waals surface area contributed by atoms with Gasteiger partial charge in [-0.3, -0.25) is 0 Å². The van der Waals surface area contributed by atoms with Crippen LogP contribution >= 0.6 is 0 Å². The van der Waals surface area contributed by atoms with Gasteiger partial charge in [0.2, 0.25) is 0 Å². The highest BCUT2D eigenvalue weighted by Crippen LogP contribution is 2.52. The van der Waals surface area contributed by atoms with Crippen molar-refractivity contribution < 1.29 is 14.3 Å². The number of ether oxygens (including phenoxy) is 2. The highest BCUT2D eigenvalue weighted by atomic mass is 16.6. The van der Waals surface area contributed by atoms with E-state index in [0.29, 0.717) is 24.1 Å². The maximum Gasteiger partial charge on any atom is 0.410 e. The average Bonchev–Trinajstić information content (AvgIpc) is 2.90. The highest BCUT2D eigenvalue weighted by molar-refractivity contribution is 5.68. The molecule has 1 saturated carbocycles. The number of carbonyl (C=O) groups is 1. The summed E-state index contributed by atoms with van der Waals surface area (Å²) in [6, 6.07) is 0.862. The molecule has 0 aromatic rings. The third-order valence-electron chi connectivity index (χ3n) is 5.59. The first-order valence-corrected chi connectivity index (χ1v) is 9.04. The summed E-state index contributed by atoms with van der Waals surface area (Å²) in [6.07, 6.45) is 3.55. The fourth-order valence-electron chi connectivity index (χ4n) is 4.52. The van der Waals surface area contributed by atoms with Crippen LogP contribution in [0.1, 0.15) is 53.9 Å². The maximum absolute atomic E-state index is 12.3. The molecule has 0 bridgehead atoms. The second-order valence-electron chi connectivity index (χ2n) is 8.98. The van der Waals surface area contributed by atoms with Crippen LogP contribution in [0.25, 0.3) is 0 Å². The molecule has 3 unspecified atom stereocenters. The monoisotopic (exact) mass is 324 g/mol. The molecule has 1 aliphatic carbocycles. The molecule has 0 aromatic carbocycles. The number of carbonyl (C=O) groups excluding carboxylic acids is 1. The molecule has 3 rings (SSSR count). The van der Waals surface area contributed by atoms with E-state index in [-0.39, 0.29) is 11.5 Å². The lowest BCUT2D eigenvalue weighted by molar-refractivity contribution is -0.117. The third kappa shape index (κ3) is 3.36. The second kappa shape index (κ2) is 5.92. The van der Waals surface area contributed by atoms with Crippen molar-refractivity contribution in [3.63, 3.8) is 0 Å². The number of hydrogen-bond donors (Lipinski definition) is 1. The summed E-state index contributed by atoms with van der Waals surface area (Å²) in [6.45, 7) is 12.8. The van der Waals surface area contributed by atoms with Crippen LogP contribution in [0, 0.1) is 11.3 Å². The number of nitrogens with one attached hydrogen (secondary N) is 1. The molecule has 23 heavy (non-hydrogen) atoms. The van der Waals surface area contributed by atoms with Crippen molar-refractivity contribution in [1.29, 1.82) is 0 Å². The van der Waals surface area contributed by atoms with Crippen LogP contribution < -0.4 is 5.32 Å². The Morgan fingerprint density at radius 1 is 1.30 bits per heavy atom. The molecule has 0 aromatic heterocycles. The minimum Gasteiger partial charge on any atom is -0.444 e. The van der Waals surface area contributed by atoms with Crippen LogP contribution in [0.15, 0.2) is 0 Å². The number of nitrogens with zero attached hydrogens (tertiary/aromatic N) is 1. The Balaban J connectivity index is 1.56. The van der Waals surface area contributed by atoms with E-state index in [4.69, 9.17) is 9.47 Å². The van der Waals surface area contributed by atoms with Crippen LogP contribution in [-0.4, -0.2) is 54.5 Å². The lowest BCUT2D eigenvalue weighted by atomic mass is 9.57. The first kappa shape index (κ1) is 17.0. The van der Waals surface area contributed by atoms with E-state index in [2.05, 4.69) is 19.2 Å². The van der Waals surface area contributed by atoms with Gasteiger partial charge in [-0.2, -0.15) is 0 Å².